The van der Waals surface area contributed by atoms with E-state index in [0.29, 0.717) is 18.4 Å². The number of nitrogens with zero attached hydrogens (tertiary/aromatic N) is 2. The van der Waals surface area contributed by atoms with Crippen molar-refractivity contribution in [1.82, 2.24) is 9.88 Å². The van der Waals surface area contributed by atoms with E-state index in [0.717, 1.165) is 29.5 Å². The number of fused-ring (bicyclic) bond motifs is 1. The molecule has 1 amide bonds. The van der Waals surface area contributed by atoms with Crippen molar-refractivity contribution in [3.63, 3.8) is 0 Å². The molecule has 0 radical (unpaired) electrons. The monoisotopic (exact) mass is 444 g/mol. The number of halogens is 3. The van der Waals surface area contributed by atoms with Crippen LogP contribution in [0.1, 0.15) is 63.2 Å². The topological polar surface area (TPSA) is 84.4 Å². The highest BCUT2D eigenvalue weighted by atomic mass is 19.4. The highest BCUT2D eigenvalue weighted by Gasteiger charge is 2.39. The van der Waals surface area contributed by atoms with Crippen molar-refractivity contribution >= 4 is 23.3 Å². The lowest BCUT2D eigenvalue weighted by Gasteiger charge is -2.29. The fraction of sp³-hybridized carbons (Fsp3) is 0.348. The SMILES string of the molecule is O=C1CCC(N2Cc3cc(CCC(=O)c4ccc(C(F)(F)F)nc4)ccc3C2=O)C(=O)C1. The standard InChI is InChI=1S/C23H19F3N2O4/c24-23(25,26)21-8-3-14(11-27-21)19(30)7-2-13-1-5-17-15(9-13)12-28(22(17)32)18-6-4-16(29)10-20(18)31/h1,3,5,8-9,11,18H,2,4,6-7,10,12H2. The quantitative estimate of drug-likeness (QED) is 0.520. The number of ketones is 3. The molecule has 1 aliphatic carbocycles. The second-order valence-corrected chi connectivity index (χ2v) is 8.01. The number of aryl methyl sites for hydroxylation is 1. The number of amides is 1. The third-order valence-electron chi connectivity index (χ3n) is 5.83. The van der Waals surface area contributed by atoms with E-state index < -0.39 is 17.9 Å². The number of rotatable bonds is 5. The summed E-state index contributed by atoms with van der Waals surface area (Å²) >= 11 is 0. The van der Waals surface area contributed by atoms with Gasteiger partial charge in [0.15, 0.2) is 11.6 Å². The first kappa shape index (κ1) is 21.9. The molecule has 2 aliphatic rings. The Kier molecular flexibility index (Phi) is 5.66. The second-order valence-electron chi connectivity index (χ2n) is 8.01. The number of benzene rings is 1. The lowest BCUT2D eigenvalue weighted by atomic mass is 9.92. The molecular weight excluding hydrogens is 425 g/mol. The van der Waals surface area contributed by atoms with Gasteiger partial charge < -0.3 is 4.90 Å². The Morgan fingerprint density at radius 2 is 1.91 bits per heavy atom. The van der Waals surface area contributed by atoms with Crippen molar-refractivity contribution < 1.29 is 32.3 Å². The van der Waals surface area contributed by atoms with Gasteiger partial charge >= 0.3 is 6.18 Å². The number of carbonyl (C=O) groups is 4. The summed E-state index contributed by atoms with van der Waals surface area (Å²) in [5, 5.41) is 0. The van der Waals surface area contributed by atoms with Gasteiger partial charge in [-0.3, -0.25) is 24.2 Å². The van der Waals surface area contributed by atoms with Crippen LogP contribution in [0.15, 0.2) is 36.5 Å². The zero-order valence-corrected chi connectivity index (χ0v) is 16.9. The van der Waals surface area contributed by atoms with Gasteiger partial charge in [0.25, 0.3) is 5.91 Å². The molecule has 0 N–H and O–H groups in total. The first-order valence-corrected chi connectivity index (χ1v) is 10.2. The maximum absolute atomic E-state index is 12.7. The third-order valence-corrected chi connectivity index (χ3v) is 5.83. The molecule has 1 unspecified atom stereocenters. The zero-order valence-electron chi connectivity index (χ0n) is 16.9. The number of carbonyl (C=O) groups excluding carboxylic acids is 4. The van der Waals surface area contributed by atoms with Crippen LogP contribution >= 0.6 is 0 Å². The van der Waals surface area contributed by atoms with Crippen molar-refractivity contribution in [2.75, 3.05) is 0 Å². The lowest BCUT2D eigenvalue weighted by molar-refractivity contribution is -0.141. The normalized spacial score (nSPS) is 18.8. The highest BCUT2D eigenvalue weighted by molar-refractivity contribution is 6.07. The van der Waals surface area contributed by atoms with Crippen molar-refractivity contribution in [2.45, 2.75) is 50.9 Å². The smallest absolute Gasteiger partial charge is 0.324 e. The van der Waals surface area contributed by atoms with Crippen molar-refractivity contribution in [3.8, 4) is 0 Å². The van der Waals surface area contributed by atoms with Crippen LogP contribution in [0.2, 0.25) is 0 Å². The molecule has 1 fully saturated rings. The molecule has 2 aromatic rings. The molecule has 1 saturated carbocycles. The van der Waals surface area contributed by atoms with Crippen LogP contribution in [-0.2, 0) is 28.7 Å². The average Bonchev–Trinajstić information content (AvgIpc) is 3.07. The summed E-state index contributed by atoms with van der Waals surface area (Å²) < 4.78 is 37.8. The predicted molar refractivity (Wildman–Crippen MR) is 106 cm³/mol. The largest absolute Gasteiger partial charge is 0.433 e. The summed E-state index contributed by atoms with van der Waals surface area (Å²) in [6.45, 7) is 0.267. The molecule has 166 valence electrons. The average molecular weight is 444 g/mol. The van der Waals surface area contributed by atoms with Gasteiger partial charge in [-0.2, -0.15) is 13.2 Å². The number of hydrogen-bond acceptors (Lipinski definition) is 5. The van der Waals surface area contributed by atoms with Crippen LogP contribution in [0.4, 0.5) is 13.2 Å². The van der Waals surface area contributed by atoms with Crippen molar-refractivity contribution in [1.29, 1.82) is 0 Å². The first-order chi connectivity index (χ1) is 15.1. The Bertz CT molecular complexity index is 1110. The third kappa shape index (κ3) is 4.32. The molecule has 6 nitrogen and oxygen atoms in total. The lowest BCUT2D eigenvalue weighted by Crippen LogP contribution is -2.44. The number of hydrogen-bond donors (Lipinski definition) is 0. The fourth-order valence-electron chi connectivity index (χ4n) is 4.12. The second kappa shape index (κ2) is 8.29. The van der Waals surface area contributed by atoms with E-state index >= 15 is 0 Å². The number of pyridine rings is 1. The van der Waals surface area contributed by atoms with E-state index in [-0.39, 0.29) is 54.6 Å². The van der Waals surface area contributed by atoms with Gasteiger partial charge in [0.05, 0.1) is 12.5 Å². The molecule has 4 rings (SSSR count). The van der Waals surface area contributed by atoms with Crippen molar-refractivity contribution in [2.24, 2.45) is 0 Å². The van der Waals surface area contributed by atoms with Crippen molar-refractivity contribution in [3.05, 3.63) is 64.5 Å². The van der Waals surface area contributed by atoms with Gasteiger partial charge in [-0.15, -0.1) is 0 Å². The molecule has 0 spiro atoms. The zero-order chi connectivity index (χ0) is 23.0. The van der Waals surface area contributed by atoms with Crippen LogP contribution in [0.5, 0.6) is 0 Å². The molecule has 1 aromatic heterocycles. The predicted octanol–water partition coefficient (Wildman–Crippen LogP) is 3.56. The van der Waals surface area contributed by atoms with Gasteiger partial charge in [-0.05, 0) is 42.2 Å². The van der Waals surface area contributed by atoms with Crippen LogP contribution in [0, 0.1) is 0 Å². The van der Waals surface area contributed by atoms with E-state index in [1.807, 2.05) is 6.07 Å². The summed E-state index contributed by atoms with van der Waals surface area (Å²) in [7, 11) is 0. The molecular formula is C23H19F3N2O4. The molecule has 32 heavy (non-hydrogen) atoms. The van der Waals surface area contributed by atoms with Gasteiger partial charge in [0, 0.05) is 36.7 Å². The first-order valence-electron chi connectivity index (χ1n) is 10.2. The summed E-state index contributed by atoms with van der Waals surface area (Å²) in [4.78, 5) is 53.6. The number of alkyl halides is 3. The fourth-order valence-corrected chi connectivity index (χ4v) is 4.12. The molecule has 0 bridgehead atoms. The Labute approximate surface area is 181 Å². The van der Waals surface area contributed by atoms with E-state index in [9.17, 15) is 32.3 Å². The summed E-state index contributed by atoms with van der Waals surface area (Å²) in [6, 6.07) is 6.50. The van der Waals surface area contributed by atoms with Gasteiger partial charge in [-0.1, -0.05) is 12.1 Å². The molecule has 1 aromatic carbocycles. The molecule has 0 saturated heterocycles. The molecule has 2 heterocycles. The number of Topliss-reactive ketones (excluding diaryl/α,β-unsaturated/α-hetero) is 3. The number of aromatic nitrogens is 1. The molecule has 9 heteroatoms. The Morgan fingerprint density at radius 1 is 1.12 bits per heavy atom. The Morgan fingerprint density at radius 3 is 2.56 bits per heavy atom. The maximum atomic E-state index is 12.7. The van der Waals surface area contributed by atoms with Crippen LogP contribution < -0.4 is 0 Å². The molecule has 1 aliphatic heterocycles. The maximum Gasteiger partial charge on any atom is 0.433 e. The van der Waals surface area contributed by atoms with Gasteiger partial charge in [0.1, 0.15) is 11.5 Å². The van der Waals surface area contributed by atoms with Gasteiger partial charge in [0.2, 0.25) is 0 Å². The molecule has 1 atom stereocenters. The van der Waals surface area contributed by atoms with E-state index in [4.69, 9.17) is 0 Å². The summed E-state index contributed by atoms with van der Waals surface area (Å²) in [5.41, 5.74) is 1.10. The van der Waals surface area contributed by atoms with Gasteiger partial charge in [-0.25, -0.2) is 0 Å². The van der Waals surface area contributed by atoms with E-state index in [1.165, 1.54) is 4.90 Å². The summed E-state index contributed by atoms with van der Waals surface area (Å²) in [6.07, 6.45) is -2.74. The minimum Gasteiger partial charge on any atom is -0.324 e. The van der Waals surface area contributed by atoms with Crippen LogP contribution in [-0.4, -0.2) is 39.2 Å². The van der Waals surface area contributed by atoms with E-state index in [2.05, 4.69) is 4.98 Å². The van der Waals surface area contributed by atoms with E-state index in [1.54, 1.807) is 12.1 Å². The Balaban J connectivity index is 1.40. The van der Waals surface area contributed by atoms with Crippen LogP contribution in [0.25, 0.3) is 0 Å². The Hall–Kier alpha value is -3.36. The highest BCUT2D eigenvalue weighted by Crippen LogP contribution is 2.30. The minimum absolute atomic E-state index is 0.0761. The minimum atomic E-state index is -4.56. The van der Waals surface area contributed by atoms with Crippen LogP contribution in [0.3, 0.4) is 0 Å². The summed E-state index contributed by atoms with van der Waals surface area (Å²) in [5.74, 6) is -0.919.